The van der Waals surface area contributed by atoms with Gasteiger partial charge in [-0.1, -0.05) is 11.6 Å². The molecule has 1 aromatic carbocycles. The molecule has 2 amide bonds. The summed E-state index contributed by atoms with van der Waals surface area (Å²) in [7, 11) is 0. The number of halogens is 7. The van der Waals surface area contributed by atoms with Crippen molar-refractivity contribution < 1.29 is 45.8 Å². The molecule has 1 fully saturated rings. The number of benzene rings is 1. The van der Waals surface area contributed by atoms with Crippen molar-refractivity contribution in [1.82, 2.24) is 9.80 Å². The molecule has 0 unspecified atom stereocenters. The lowest BCUT2D eigenvalue weighted by atomic mass is 9.89. The standard InChI is InChI=1S/C22H25ClF6N2O4/c1-19(2,3)35-18(33)31-7-4-5-16(31)14-10-13(23)9-12-6-8-30(11-15(12)14)17(32)20(34,21(24,25)26)22(27,28)29/h9-10,16,34H,4-8,11H2,1-3H3/t16-/m0/s1. The first-order valence-corrected chi connectivity index (χ1v) is 11.2. The van der Waals surface area contributed by atoms with Gasteiger partial charge in [-0.05, 0) is 68.9 Å². The van der Waals surface area contributed by atoms with Gasteiger partial charge < -0.3 is 19.6 Å². The summed E-state index contributed by atoms with van der Waals surface area (Å²) in [4.78, 5) is 27.0. The van der Waals surface area contributed by atoms with E-state index in [0.717, 1.165) is 0 Å². The van der Waals surface area contributed by atoms with Crippen molar-refractivity contribution in [2.75, 3.05) is 13.1 Å². The Morgan fingerprint density at radius 3 is 2.20 bits per heavy atom. The van der Waals surface area contributed by atoms with E-state index in [9.17, 15) is 41.0 Å². The summed E-state index contributed by atoms with van der Waals surface area (Å²) >= 11 is 6.23. The van der Waals surface area contributed by atoms with E-state index in [-0.39, 0.29) is 11.4 Å². The summed E-state index contributed by atoms with van der Waals surface area (Å²) < 4.78 is 85.0. The van der Waals surface area contributed by atoms with Crippen molar-refractivity contribution in [3.63, 3.8) is 0 Å². The number of rotatable bonds is 2. The molecule has 13 heteroatoms. The van der Waals surface area contributed by atoms with Crippen LogP contribution in [0.25, 0.3) is 0 Å². The Hall–Kier alpha value is -2.21. The lowest BCUT2D eigenvalue weighted by Crippen LogP contribution is -2.66. The highest BCUT2D eigenvalue weighted by atomic mass is 35.5. The zero-order valence-corrected chi connectivity index (χ0v) is 19.9. The molecular formula is C22H25ClF6N2O4. The first-order chi connectivity index (χ1) is 15.9. The van der Waals surface area contributed by atoms with Gasteiger partial charge in [0, 0.05) is 24.7 Å². The molecule has 0 spiro atoms. The zero-order valence-electron chi connectivity index (χ0n) is 19.2. The van der Waals surface area contributed by atoms with Crippen LogP contribution in [0.5, 0.6) is 0 Å². The van der Waals surface area contributed by atoms with Gasteiger partial charge in [0.15, 0.2) is 0 Å². The van der Waals surface area contributed by atoms with Crippen LogP contribution in [0.15, 0.2) is 12.1 Å². The normalized spacial score (nSPS) is 19.6. The molecule has 2 heterocycles. The van der Waals surface area contributed by atoms with Gasteiger partial charge in [0.25, 0.3) is 5.91 Å². The predicted molar refractivity (Wildman–Crippen MR) is 113 cm³/mol. The smallest absolute Gasteiger partial charge is 0.435 e. The number of alkyl halides is 6. The highest BCUT2D eigenvalue weighted by Crippen LogP contribution is 2.45. The van der Waals surface area contributed by atoms with Gasteiger partial charge in [-0.15, -0.1) is 0 Å². The van der Waals surface area contributed by atoms with Crippen LogP contribution >= 0.6 is 11.6 Å². The molecule has 1 aromatic rings. The maximum absolute atomic E-state index is 13.3. The highest BCUT2D eigenvalue weighted by molar-refractivity contribution is 6.30. The minimum Gasteiger partial charge on any atom is -0.444 e. The van der Waals surface area contributed by atoms with Crippen LogP contribution in [0.1, 0.15) is 56.3 Å². The summed E-state index contributed by atoms with van der Waals surface area (Å²) in [6, 6.07) is 2.41. The number of carbonyl (C=O) groups excluding carboxylic acids is 2. The molecule has 0 aliphatic carbocycles. The van der Waals surface area contributed by atoms with Gasteiger partial charge in [-0.25, -0.2) is 4.79 Å². The molecule has 6 nitrogen and oxygen atoms in total. The molecule has 0 radical (unpaired) electrons. The van der Waals surface area contributed by atoms with Crippen molar-refractivity contribution in [1.29, 1.82) is 0 Å². The number of carbonyl (C=O) groups is 2. The third kappa shape index (κ3) is 5.18. The van der Waals surface area contributed by atoms with Crippen molar-refractivity contribution in [3.05, 3.63) is 33.8 Å². The molecule has 1 N–H and O–H groups in total. The van der Waals surface area contributed by atoms with E-state index < -0.39 is 54.7 Å². The molecule has 2 aliphatic heterocycles. The molecule has 0 aromatic heterocycles. The average molecular weight is 531 g/mol. The highest BCUT2D eigenvalue weighted by Gasteiger charge is 2.76. The van der Waals surface area contributed by atoms with Crippen molar-refractivity contribution >= 4 is 23.6 Å². The molecule has 1 atom stereocenters. The fourth-order valence-corrected chi connectivity index (χ4v) is 4.64. The summed E-state index contributed by atoms with van der Waals surface area (Å²) in [6.07, 6.45) is -12.2. The van der Waals surface area contributed by atoms with Gasteiger partial charge >= 0.3 is 24.0 Å². The van der Waals surface area contributed by atoms with Crippen LogP contribution in [0.2, 0.25) is 5.02 Å². The SMILES string of the molecule is CC(C)(C)OC(=O)N1CCC[C@H]1c1cc(Cl)cc2c1CN(C(=O)C(O)(C(F)(F)F)C(F)(F)F)CC2. The maximum atomic E-state index is 13.3. The predicted octanol–water partition coefficient (Wildman–Crippen LogP) is 5.15. The van der Waals surface area contributed by atoms with E-state index in [1.165, 1.54) is 17.0 Å². The molecule has 1 saturated heterocycles. The number of nitrogens with zero attached hydrogens (tertiary/aromatic N) is 2. The number of aliphatic hydroxyl groups is 1. The van der Waals surface area contributed by atoms with Crippen molar-refractivity contribution in [2.45, 2.75) is 76.2 Å². The number of ether oxygens (including phenoxy) is 1. The monoisotopic (exact) mass is 530 g/mol. The molecular weight excluding hydrogens is 506 g/mol. The number of hydrogen-bond acceptors (Lipinski definition) is 4. The lowest BCUT2D eigenvalue weighted by molar-refractivity contribution is -0.353. The Balaban J connectivity index is 1.99. The summed E-state index contributed by atoms with van der Waals surface area (Å²) in [5.74, 6) is -2.50. The van der Waals surface area contributed by atoms with E-state index in [1.54, 1.807) is 20.8 Å². The van der Waals surface area contributed by atoms with Crippen LogP contribution in [0, 0.1) is 0 Å². The Morgan fingerprint density at radius 2 is 1.66 bits per heavy atom. The second kappa shape index (κ2) is 9.02. The Kier molecular flexibility index (Phi) is 7.06. The van der Waals surface area contributed by atoms with E-state index in [4.69, 9.17) is 16.3 Å². The van der Waals surface area contributed by atoms with Crippen LogP contribution in [-0.2, 0) is 22.5 Å². The molecule has 35 heavy (non-hydrogen) atoms. The van der Waals surface area contributed by atoms with Gasteiger partial charge in [0.1, 0.15) is 5.60 Å². The Labute approximate surface area is 202 Å². The van der Waals surface area contributed by atoms with E-state index in [0.29, 0.717) is 41.0 Å². The van der Waals surface area contributed by atoms with Gasteiger partial charge in [0.05, 0.1) is 6.04 Å². The number of amides is 2. The summed E-state index contributed by atoms with van der Waals surface area (Å²) in [5.41, 5.74) is -5.09. The van der Waals surface area contributed by atoms with E-state index >= 15 is 0 Å². The van der Waals surface area contributed by atoms with Gasteiger partial charge in [0.2, 0.25) is 0 Å². The maximum Gasteiger partial charge on any atom is 0.435 e. The third-order valence-corrected chi connectivity index (χ3v) is 6.22. The van der Waals surface area contributed by atoms with Crippen LogP contribution in [-0.4, -0.2) is 63.6 Å². The molecule has 0 bridgehead atoms. The van der Waals surface area contributed by atoms with Crippen LogP contribution in [0.4, 0.5) is 31.1 Å². The topological polar surface area (TPSA) is 70.1 Å². The second-order valence-electron chi connectivity index (χ2n) is 9.65. The third-order valence-electron chi connectivity index (χ3n) is 6.00. The minimum atomic E-state index is -6.27. The largest absolute Gasteiger partial charge is 0.444 e. The van der Waals surface area contributed by atoms with Crippen molar-refractivity contribution in [2.24, 2.45) is 0 Å². The molecule has 0 saturated carbocycles. The fraction of sp³-hybridized carbons (Fsp3) is 0.636. The average Bonchev–Trinajstić information content (AvgIpc) is 3.18. The molecule has 2 aliphatic rings. The van der Waals surface area contributed by atoms with E-state index in [2.05, 4.69) is 0 Å². The van der Waals surface area contributed by atoms with Gasteiger partial charge in [-0.3, -0.25) is 4.79 Å². The first-order valence-electron chi connectivity index (χ1n) is 10.8. The van der Waals surface area contributed by atoms with Crippen molar-refractivity contribution in [3.8, 4) is 0 Å². The first kappa shape index (κ1) is 27.4. The summed E-state index contributed by atoms with van der Waals surface area (Å²) in [6.45, 7) is 4.27. The van der Waals surface area contributed by atoms with E-state index in [1.807, 2.05) is 0 Å². The second-order valence-corrected chi connectivity index (χ2v) is 10.1. The quantitative estimate of drug-likeness (QED) is 0.537. The van der Waals surface area contributed by atoms with Crippen LogP contribution in [0.3, 0.4) is 0 Å². The minimum absolute atomic E-state index is 0.0837. The Morgan fingerprint density at radius 1 is 1.06 bits per heavy atom. The Bertz CT molecular complexity index is 991. The summed E-state index contributed by atoms with van der Waals surface area (Å²) in [5, 5.41) is 9.84. The van der Waals surface area contributed by atoms with Crippen LogP contribution < -0.4 is 0 Å². The number of fused-ring (bicyclic) bond motifs is 1. The fourth-order valence-electron chi connectivity index (χ4n) is 4.39. The lowest BCUT2D eigenvalue weighted by Gasteiger charge is -2.39. The molecule has 3 rings (SSSR count). The number of likely N-dealkylation sites (tertiary alicyclic amines) is 1. The zero-order chi connectivity index (χ0) is 26.6. The molecule has 196 valence electrons. The number of hydrogen-bond donors (Lipinski definition) is 1. The van der Waals surface area contributed by atoms with Gasteiger partial charge in [-0.2, -0.15) is 26.3 Å².